The second-order valence-corrected chi connectivity index (χ2v) is 6.30. The molecule has 1 aromatic carbocycles. The van der Waals surface area contributed by atoms with Gasteiger partial charge in [-0.25, -0.2) is 4.79 Å². The number of carbonyl (C=O) groups excluding carboxylic acids is 2. The summed E-state index contributed by atoms with van der Waals surface area (Å²) < 4.78 is 16.0. The molecule has 0 aliphatic heterocycles. The topological polar surface area (TPSA) is 127 Å². The number of benzene rings is 1. The molecule has 1 aromatic rings. The number of esters is 1. The van der Waals surface area contributed by atoms with Crippen molar-refractivity contribution in [2.75, 3.05) is 31.7 Å². The van der Waals surface area contributed by atoms with Crippen LogP contribution in [-0.4, -0.2) is 44.0 Å². The molecule has 0 aromatic heterocycles. The van der Waals surface area contributed by atoms with E-state index in [1.807, 2.05) is 13.8 Å². The van der Waals surface area contributed by atoms with Gasteiger partial charge in [-0.05, 0) is 39.0 Å². The second-order valence-electron chi connectivity index (χ2n) is 4.76. The molecule has 0 heterocycles. The lowest BCUT2D eigenvalue weighted by molar-refractivity contribution is -0.135. The number of amides is 1. The third-order valence-electron chi connectivity index (χ3n) is 2.99. The van der Waals surface area contributed by atoms with Crippen molar-refractivity contribution in [1.29, 1.82) is 5.41 Å². The molecule has 0 saturated heterocycles. The van der Waals surface area contributed by atoms with Crippen molar-refractivity contribution >= 4 is 37.0 Å². The fraction of sp³-hybridized carbons (Fsp3) is 0.438. The van der Waals surface area contributed by atoms with E-state index in [4.69, 9.17) is 19.2 Å². The zero-order valence-electron chi connectivity index (χ0n) is 14.9. The Balaban J connectivity index is 3.22. The Bertz CT molecular complexity index is 661. The number of nitroso groups, excluding NO2 is 1. The van der Waals surface area contributed by atoms with Crippen LogP contribution in [0.25, 0.3) is 0 Å². The number of hydrogen-bond donors (Lipinski definition) is 2. The van der Waals surface area contributed by atoms with Crippen LogP contribution in [0.3, 0.4) is 0 Å². The van der Waals surface area contributed by atoms with E-state index in [0.717, 1.165) is 0 Å². The lowest BCUT2D eigenvalue weighted by Gasteiger charge is -2.18. The molecule has 142 valence electrons. The van der Waals surface area contributed by atoms with Crippen molar-refractivity contribution in [2.45, 2.75) is 20.8 Å². The zero-order valence-corrected chi connectivity index (χ0v) is 15.8. The van der Waals surface area contributed by atoms with Crippen molar-refractivity contribution < 1.29 is 23.4 Å². The molecule has 0 bridgehead atoms. The molecule has 9 nitrogen and oxygen atoms in total. The average molecular weight is 383 g/mol. The van der Waals surface area contributed by atoms with E-state index in [2.05, 4.69) is 10.5 Å². The molecule has 0 fully saturated rings. The van der Waals surface area contributed by atoms with Gasteiger partial charge < -0.3 is 19.1 Å². The highest BCUT2D eigenvalue weighted by Gasteiger charge is 2.21. The molecule has 0 saturated carbocycles. The largest absolute Gasteiger partial charge is 0.461 e. The maximum absolute atomic E-state index is 11.9. The first-order chi connectivity index (χ1) is 12.5. The summed E-state index contributed by atoms with van der Waals surface area (Å²) in [5.41, 5.74) is 0.169. The molecule has 0 aliphatic rings. The van der Waals surface area contributed by atoms with Gasteiger partial charge in [-0.2, -0.15) is 0 Å². The molecule has 0 aliphatic carbocycles. The molecule has 10 heteroatoms. The normalized spacial score (nSPS) is 10.5. The third kappa shape index (κ3) is 6.25. The monoisotopic (exact) mass is 383 g/mol. The summed E-state index contributed by atoms with van der Waals surface area (Å²) in [6.07, 6.45) is 0. The van der Waals surface area contributed by atoms with E-state index in [-0.39, 0.29) is 24.4 Å². The van der Waals surface area contributed by atoms with Crippen molar-refractivity contribution in [3.63, 3.8) is 0 Å². The van der Waals surface area contributed by atoms with Crippen LogP contribution in [0.1, 0.15) is 26.3 Å². The van der Waals surface area contributed by atoms with Crippen LogP contribution in [-0.2, 0) is 23.4 Å². The Morgan fingerprint density at radius 3 is 2.35 bits per heavy atom. The minimum absolute atomic E-state index is 0.135. The number of carbonyl (C=O) groups is 2. The Morgan fingerprint density at radius 2 is 1.81 bits per heavy atom. The maximum Gasteiger partial charge on any atom is 0.356 e. The van der Waals surface area contributed by atoms with Crippen LogP contribution >= 0.6 is 8.38 Å². The lowest BCUT2D eigenvalue weighted by Crippen LogP contribution is -2.22. The molecule has 0 atom stereocenters. The van der Waals surface area contributed by atoms with Crippen molar-refractivity contribution in [1.82, 2.24) is 0 Å². The maximum atomic E-state index is 11.9. The minimum Gasteiger partial charge on any atom is -0.461 e. The van der Waals surface area contributed by atoms with Crippen molar-refractivity contribution in [3.8, 4) is 0 Å². The molecule has 1 rings (SSSR count). The van der Waals surface area contributed by atoms with Crippen molar-refractivity contribution in [2.24, 2.45) is 5.18 Å². The Morgan fingerprint density at radius 1 is 1.15 bits per heavy atom. The fourth-order valence-corrected chi connectivity index (χ4v) is 3.22. The smallest absolute Gasteiger partial charge is 0.356 e. The highest BCUT2D eigenvalue weighted by Crippen LogP contribution is 2.38. The van der Waals surface area contributed by atoms with Crippen LogP contribution < -0.4 is 10.6 Å². The van der Waals surface area contributed by atoms with Gasteiger partial charge in [0.05, 0.1) is 26.4 Å². The van der Waals surface area contributed by atoms with Gasteiger partial charge in [0.15, 0.2) is 0 Å². The second kappa shape index (κ2) is 11.4. The van der Waals surface area contributed by atoms with Gasteiger partial charge in [0, 0.05) is 21.7 Å². The van der Waals surface area contributed by atoms with Gasteiger partial charge in [-0.15, -0.1) is 4.91 Å². The molecule has 26 heavy (non-hydrogen) atoms. The quantitative estimate of drug-likeness (QED) is 0.260. The number of rotatable bonds is 11. The lowest BCUT2D eigenvalue weighted by atomic mass is 10.1. The summed E-state index contributed by atoms with van der Waals surface area (Å²) in [6, 6.07) is 4.85. The van der Waals surface area contributed by atoms with Gasteiger partial charge in [-0.3, -0.25) is 10.2 Å². The van der Waals surface area contributed by atoms with E-state index in [9.17, 15) is 14.5 Å². The minimum atomic E-state index is -1.35. The fourth-order valence-electron chi connectivity index (χ4n) is 1.95. The summed E-state index contributed by atoms with van der Waals surface area (Å²) in [5, 5.41) is 13.7. The Kier molecular flexibility index (Phi) is 9.57. The van der Waals surface area contributed by atoms with Gasteiger partial charge in [0.2, 0.25) is 8.38 Å². The van der Waals surface area contributed by atoms with E-state index in [0.29, 0.717) is 24.2 Å². The average Bonchev–Trinajstić information content (AvgIpc) is 2.65. The first-order valence-electron chi connectivity index (χ1n) is 8.04. The molecule has 0 radical (unpaired) electrons. The zero-order chi connectivity index (χ0) is 19.5. The summed E-state index contributed by atoms with van der Waals surface area (Å²) >= 11 is 0. The van der Waals surface area contributed by atoms with Crippen LogP contribution in [0.2, 0.25) is 0 Å². The summed E-state index contributed by atoms with van der Waals surface area (Å²) in [4.78, 5) is 33.3. The number of nitrogens with zero attached hydrogens (tertiary/aromatic N) is 1. The van der Waals surface area contributed by atoms with Crippen molar-refractivity contribution in [3.05, 3.63) is 28.7 Å². The van der Waals surface area contributed by atoms with Crippen LogP contribution in [0.5, 0.6) is 0 Å². The summed E-state index contributed by atoms with van der Waals surface area (Å²) in [7, 11) is -1.35. The van der Waals surface area contributed by atoms with Gasteiger partial charge in [0.25, 0.3) is 0 Å². The van der Waals surface area contributed by atoms with Crippen LogP contribution in [0, 0.1) is 10.3 Å². The molecule has 0 spiro atoms. The summed E-state index contributed by atoms with van der Waals surface area (Å²) in [5.74, 6) is -1.69. The molecule has 0 unspecified atom stereocenters. The first kappa shape index (κ1) is 21.8. The van der Waals surface area contributed by atoms with Gasteiger partial charge in [-0.1, -0.05) is 0 Å². The molecule has 2 N–H and O–H groups in total. The number of ether oxygens (including phenoxy) is 1. The highest BCUT2D eigenvalue weighted by atomic mass is 31.2. The van der Waals surface area contributed by atoms with E-state index >= 15 is 0 Å². The van der Waals surface area contributed by atoms with Crippen LogP contribution in [0.4, 0.5) is 5.69 Å². The number of nitrogens with one attached hydrogen (secondary N) is 2. The predicted octanol–water partition coefficient (Wildman–Crippen LogP) is 2.33. The van der Waals surface area contributed by atoms with Gasteiger partial charge in [0.1, 0.15) is 5.71 Å². The highest BCUT2D eigenvalue weighted by molar-refractivity contribution is 7.56. The number of hydrogen-bond acceptors (Lipinski definition) is 8. The Hall–Kier alpha value is -2.22. The van der Waals surface area contributed by atoms with Crippen LogP contribution in [0.15, 0.2) is 23.4 Å². The summed E-state index contributed by atoms with van der Waals surface area (Å²) in [6.45, 7) is 5.98. The van der Waals surface area contributed by atoms with E-state index in [1.54, 1.807) is 25.1 Å². The molecular formula is C16H22N3O6P. The predicted molar refractivity (Wildman–Crippen MR) is 99.0 cm³/mol. The molecular weight excluding hydrogens is 361 g/mol. The first-order valence-corrected chi connectivity index (χ1v) is 9.22. The Labute approximate surface area is 152 Å². The van der Waals surface area contributed by atoms with E-state index < -0.39 is 20.3 Å². The van der Waals surface area contributed by atoms with E-state index in [1.165, 1.54) is 0 Å². The standard InChI is InChI=1S/C16H22N3O6P/c1-4-23-16(21)15(17)12-8-7-11(26(24-5-2)25-6-3)9-13(12)18-10-14(20)19-22/h7-9,17-18H,4-6,10H2,1-3H3. The third-order valence-corrected chi connectivity index (χ3v) is 4.67. The van der Waals surface area contributed by atoms with Gasteiger partial charge >= 0.3 is 11.9 Å². The number of anilines is 1. The molecule has 1 amide bonds. The SMILES string of the molecule is CCOC(=O)C(=N)c1ccc(P(OCC)OCC)cc1NCC(=O)N=O.